The third kappa shape index (κ3) is 10.9. The average molecular weight is 231 g/mol. The Bertz CT molecular complexity index is 218. The van der Waals surface area contributed by atoms with Crippen molar-refractivity contribution in [1.82, 2.24) is 0 Å². The summed E-state index contributed by atoms with van der Waals surface area (Å²) in [5, 5.41) is 10.0. The van der Waals surface area contributed by atoms with Gasteiger partial charge in [-0.15, -0.1) is 0 Å². The summed E-state index contributed by atoms with van der Waals surface area (Å²) in [5.74, 6) is -0.238. The number of carbonyl (C=O) groups is 1. The summed E-state index contributed by atoms with van der Waals surface area (Å²) in [6, 6.07) is 0. The predicted octanol–water partition coefficient (Wildman–Crippen LogP) is 2.56. The van der Waals surface area contributed by atoms with Crippen molar-refractivity contribution >= 4 is 5.97 Å². The molecule has 0 heterocycles. The smallest absolute Gasteiger partial charge is 0.302 e. The van der Waals surface area contributed by atoms with Crippen LogP contribution in [0.4, 0.5) is 0 Å². The van der Waals surface area contributed by atoms with E-state index in [0.717, 1.165) is 32.1 Å². The number of carbonyl (C=O) groups excluding carboxylic acids is 1. The predicted molar refractivity (Wildman–Crippen MR) is 60.8 cm³/mol. The molecule has 0 aromatic carbocycles. The Morgan fingerprint density at radius 2 is 1.81 bits per heavy atom. The van der Waals surface area contributed by atoms with Crippen LogP contribution in [0.1, 0.15) is 52.4 Å². The maximum absolute atomic E-state index is 10.6. The van der Waals surface area contributed by atoms with Gasteiger partial charge in [-0.2, -0.15) is 0 Å². The van der Waals surface area contributed by atoms with Crippen LogP contribution in [-0.4, -0.2) is 23.5 Å². The molecule has 0 radical (unpaired) electrons. The zero-order chi connectivity index (χ0) is 12.4. The lowest BCUT2D eigenvalue weighted by Gasteiger charge is -2.10. The van der Waals surface area contributed by atoms with Gasteiger partial charge in [-0.1, -0.05) is 12.8 Å². The molecule has 16 heavy (non-hydrogen) atoms. The molecule has 5 nitrogen and oxygen atoms in total. The van der Waals surface area contributed by atoms with Crippen LogP contribution in [-0.2, 0) is 9.53 Å². The molecule has 0 amide bonds. The van der Waals surface area contributed by atoms with Crippen molar-refractivity contribution in [3.05, 3.63) is 10.1 Å². The molecule has 0 saturated heterocycles. The molecule has 0 aliphatic carbocycles. The first-order valence-corrected chi connectivity index (χ1v) is 5.81. The van der Waals surface area contributed by atoms with Gasteiger partial charge in [-0.05, 0) is 26.2 Å². The molecule has 0 rings (SSSR count). The Kier molecular flexibility index (Phi) is 8.48. The summed E-state index contributed by atoms with van der Waals surface area (Å²) in [4.78, 5) is 20.4. The van der Waals surface area contributed by atoms with Crippen LogP contribution in [0.15, 0.2) is 0 Å². The molecule has 0 saturated carbocycles. The summed E-state index contributed by atoms with van der Waals surface area (Å²) in [7, 11) is 0. The monoisotopic (exact) mass is 231 g/mol. The Morgan fingerprint density at radius 1 is 1.25 bits per heavy atom. The Hall–Kier alpha value is -1.13. The highest BCUT2D eigenvalue weighted by molar-refractivity contribution is 5.66. The number of unbranched alkanes of at least 4 members (excludes halogenated alkanes) is 4. The maximum atomic E-state index is 10.6. The standard InChI is InChI=1S/C11H21NO4/c1-10(16-11(2)13)8-6-4-3-5-7-9-12(14)15/h10H,3-9H2,1-2H3/t10-/m1/s1. The summed E-state index contributed by atoms with van der Waals surface area (Å²) >= 11 is 0. The van der Waals surface area contributed by atoms with Crippen LogP contribution < -0.4 is 0 Å². The normalized spacial score (nSPS) is 12.1. The number of nitrogens with zero attached hydrogens (tertiary/aromatic N) is 1. The number of hydrogen-bond donors (Lipinski definition) is 0. The van der Waals surface area contributed by atoms with Crippen molar-refractivity contribution < 1.29 is 14.5 Å². The van der Waals surface area contributed by atoms with E-state index >= 15 is 0 Å². The van der Waals surface area contributed by atoms with E-state index in [2.05, 4.69) is 0 Å². The lowest BCUT2D eigenvalue weighted by atomic mass is 10.1. The quantitative estimate of drug-likeness (QED) is 0.264. The molecule has 0 unspecified atom stereocenters. The Morgan fingerprint density at radius 3 is 2.38 bits per heavy atom. The minimum atomic E-state index is -0.275. The van der Waals surface area contributed by atoms with E-state index in [1.807, 2.05) is 6.92 Å². The number of hydrogen-bond acceptors (Lipinski definition) is 4. The molecule has 0 aliphatic heterocycles. The van der Waals surface area contributed by atoms with E-state index in [9.17, 15) is 14.9 Å². The molecular weight excluding hydrogens is 210 g/mol. The average Bonchev–Trinajstić information content (AvgIpc) is 2.14. The van der Waals surface area contributed by atoms with Gasteiger partial charge in [0.05, 0.1) is 6.10 Å². The summed E-state index contributed by atoms with van der Waals surface area (Å²) in [5.41, 5.74) is 0. The van der Waals surface area contributed by atoms with Gasteiger partial charge in [-0.25, -0.2) is 0 Å². The maximum Gasteiger partial charge on any atom is 0.302 e. The summed E-state index contributed by atoms with van der Waals surface area (Å²) < 4.78 is 4.98. The fourth-order valence-electron chi connectivity index (χ4n) is 1.55. The Labute approximate surface area is 96.3 Å². The fourth-order valence-corrected chi connectivity index (χ4v) is 1.55. The van der Waals surface area contributed by atoms with Gasteiger partial charge in [0.1, 0.15) is 0 Å². The van der Waals surface area contributed by atoms with Crippen LogP contribution in [0.2, 0.25) is 0 Å². The van der Waals surface area contributed by atoms with Gasteiger partial charge in [0.2, 0.25) is 6.54 Å². The molecule has 5 heteroatoms. The number of nitro groups is 1. The third-order valence-electron chi connectivity index (χ3n) is 2.32. The van der Waals surface area contributed by atoms with E-state index in [-0.39, 0.29) is 23.5 Å². The molecule has 0 N–H and O–H groups in total. The summed E-state index contributed by atoms with van der Waals surface area (Å²) in [6.45, 7) is 3.37. The van der Waals surface area contributed by atoms with Crippen molar-refractivity contribution in [1.29, 1.82) is 0 Å². The molecule has 0 fully saturated rings. The molecule has 0 aromatic rings. The van der Waals surface area contributed by atoms with E-state index < -0.39 is 0 Å². The van der Waals surface area contributed by atoms with Crippen molar-refractivity contribution in [3.63, 3.8) is 0 Å². The first-order chi connectivity index (χ1) is 7.52. The summed E-state index contributed by atoms with van der Waals surface area (Å²) in [6.07, 6.45) is 5.48. The molecule has 0 aliphatic rings. The van der Waals surface area contributed by atoms with Gasteiger partial charge in [0.25, 0.3) is 0 Å². The van der Waals surface area contributed by atoms with Crippen molar-refractivity contribution in [3.8, 4) is 0 Å². The second-order valence-electron chi connectivity index (χ2n) is 4.03. The van der Waals surface area contributed by atoms with E-state index in [4.69, 9.17) is 4.74 Å². The first kappa shape index (κ1) is 14.9. The van der Waals surface area contributed by atoms with Crippen molar-refractivity contribution in [2.75, 3.05) is 6.54 Å². The molecule has 0 bridgehead atoms. The Balaban J connectivity index is 3.20. The van der Waals surface area contributed by atoms with Crippen molar-refractivity contribution in [2.45, 2.75) is 58.5 Å². The number of rotatable bonds is 9. The highest BCUT2D eigenvalue weighted by atomic mass is 16.6. The van der Waals surface area contributed by atoms with E-state index in [1.54, 1.807) is 0 Å². The second-order valence-corrected chi connectivity index (χ2v) is 4.03. The minimum absolute atomic E-state index is 0.0173. The molecule has 0 spiro atoms. The van der Waals surface area contributed by atoms with Gasteiger partial charge in [0.15, 0.2) is 0 Å². The molecule has 94 valence electrons. The van der Waals surface area contributed by atoms with Crippen LogP contribution in [0, 0.1) is 10.1 Å². The molecule has 0 aromatic heterocycles. The number of ether oxygens (including phenoxy) is 1. The van der Waals surface area contributed by atoms with Gasteiger partial charge in [-0.3, -0.25) is 14.9 Å². The molecule has 1 atom stereocenters. The van der Waals surface area contributed by atoms with Crippen LogP contribution >= 0.6 is 0 Å². The fraction of sp³-hybridized carbons (Fsp3) is 0.909. The highest BCUT2D eigenvalue weighted by Crippen LogP contribution is 2.09. The first-order valence-electron chi connectivity index (χ1n) is 5.81. The second kappa shape index (κ2) is 9.12. The number of esters is 1. The van der Waals surface area contributed by atoms with Gasteiger partial charge >= 0.3 is 5.97 Å². The van der Waals surface area contributed by atoms with Gasteiger partial charge < -0.3 is 4.74 Å². The van der Waals surface area contributed by atoms with Crippen LogP contribution in [0.25, 0.3) is 0 Å². The molecular formula is C11H21NO4. The van der Waals surface area contributed by atoms with Gasteiger partial charge in [0, 0.05) is 18.3 Å². The topological polar surface area (TPSA) is 69.4 Å². The lowest BCUT2D eigenvalue weighted by Crippen LogP contribution is -2.11. The van der Waals surface area contributed by atoms with E-state index in [0.29, 0.717) is 6.42 Å². The third-order valence-corrected chi connectivity index (χ3v) is 2.32. The van der Waals surface area contributed by atoms with Crippen molar-refractivity contribution in [2.24, 2.45) is 0 Å². The zero-order valence-electron chi connectivity index (χ0n) is 10.1. The van der Waals surface area contributed by atoms with Crippen LogP contribution in [0.5, 0.6) is 0 Å². The zero-order valence-corrected chi connectivity index (χ0v) is 10.1. The van der Waals surface area contributed by atoms with E-state index in [1.165, 1.54) is 6.92 Å². The SMILES string of the molecule is CC(=O)O[C@H](C)CCCCCCC[N+](=O)[O-]. The lowest BCUT2D eigenvalue weighted by molar-refractivity contribution is -0.480. The highest BCUT2D eigenvalue weighted by Gasteiger charge is 2.04. The largest absolute Gasteiger partial charge is 0.463 e. The van der Waals surface area contributed by atoms with Crippen LogP contribution in [0.3, 0.4) is 0 Å². The minimum Gasteiger partial charge on any atom is -0.463 e.